The van der Waals surface area contributed by atoms with Crippen molar-refractivity contribution in [1.82, 2.24) is 5.32 Å². The van der Waals surface area contributed by atoms with E-state index in [1.54, 1.807) is 12.1 Å². The average Bonchev–Trinajstić information content (AvgIpc) is 2.48. The topological polar surface area (TPSA) is 29.1 Å². The van der Waals surface area contributed by atoms with Crippen LogP contribution in [0.4, 0.5) is 0 Å². The molecule has 2 nitrogen and oxygen atoms in total. The maximum Gasteiger partial charge on any atom is 0.224 e. The molecule has 0 aromatic heterocycles. The number of benzene rings is 2. The lowest BCUT2D eigenvalue weighted by molar-refractivity contribution is -0.121. The molecule has 0 saturated heterocycles. The van der Waals surface area contributed by atoms with Crippen molar-refractivity contribution in [3.8, 4) is 0 Å². The van der Waals surface area contributed by atoms with Crippen LogP contribution in [0.2, 0.25) is 5.02 Å². The summed E-state index contributed by atoms with van der Waals surface area (Å²) in [6, 6.07) is 17.5. The minimum atomic E-state index is 0.0306. The molecule has 0 saturated carbocycles. The first-order valence-corrected chi connectivity index (χ1v) is 7.15. The summed E-state index contributed by atoms with van der Waals surface area (Å²) in [7, 11) is 0. The Morgan fingerprint density at radius 1 is 1.10 bits per heavy atom. The van der Waals surface area contributed by atoms with Crippen LogP contribution in [0.15, 0.2) is 54.6 Å². The van der Waals surface area contributed by atoms with E-state index in [9.17, 15) is 4.79 Å². The fourth-order valence-corrected chi connectivity index (χ4v) is 2.27. The first kappa shape index (κ1) is 14.6. The summed E-state index contributed by atoms with van der Waals surface area (Å²) in [4.78, 5) is 12.1. The molecule has 0 unspecified atom stereocenters. The van der Waals surface area contributed by atoms with Crippen molar-refractivity contribution in [3.05, 3.63) is 70.7 Å². The monoisotopic (exact) mass is 287 g/mol. The van der Waals surface area contributed by atoms with Crippen LogP contribution in [0.1, 0.15) is 30.5 Å². The van der Waals surface area contributed by atoms with Crippen LogP contribution in [0.5, 0.6) is 0 Å². The number of nitrogens with one attached hydrogen (secondary N) is 1. The third-order valence-corrected chi connectivity index (χ3v) is 3.48. The molecule has 0 heterocycles. The fraction of sp³-hybridized carbons (Fsp3) is 0.235. The predicted molar refractivity (Wildman–Crippen MR) is 82.8 cm³/mol. The van der Waals surface area contributed by atoms with Gasteiger partial charge < -0.3 is 5.32 Å². The maximum atomic E-state index is 12.1. The minimum absolute atomic E-state index is 0.0306. The zero-order valence-electron chi connectivity index (χ0n) is 11.5. The number of hydrogen-bond acceptors (Lipinski definition) is 1. The first-order chi connectivity index (χ1) is 9.69. The lowest BCUT2D eigenvalue weighted by atomic mass is 10.0. The Labute approximate surface area is 124 Å². The van der Waals surface area contributed by atoms with Crippen LogP contribution in [0, 0.1) is 0 Å². The molecule has 2 aromatic rings. The molecule has 2 rings (SSSR count). The van der Waals surface area contributed by atoms with Crippen molar-refractivity contribution in [1.29, 1.82) is 0 Å². The highest BCUT2D eigenvalue weighted by molar-refractivity contribution is 6.30. The van der Waals surface area contributed by atoms with Gasteiger partial charge in [-0.25, -0.2) is 0 Å². The maximum absolute atomic E-state index is 12.1. The fourth-order valence-electron chi connectivity index (χ4n) is 2.14. The van der Waals surface area contributed by atoms with Crippen molar-refractivity contribution in [2.45, 2.75) is 25.8 Å². The summed E-state index contributed by atoms with van der Waals surface area (Å²) in [5.74, 6) is 0.0306. The summed E-state index contributed by atoms with van der Waals surface area (Å²) in [6.07, 6.45) is 1.25. The largest absolute Gasteiger partial charge is 0.349 e. The van der Waals surface area contributed by atoms with Gasteiger partial charge in [-0.05, 0) is 29.7 Å². The lowest BCUT2D eigenvalue weighted by Crippen LogP contribution is -2.29. The van der Waals surface area contributed by atoms with E-state index in [-0.39, 0.29) is 11.9 Å². The Morgan fingerprint density at radius 2 is 1.75 bits per heavy atom. The van der Waals surface area contributed by atoms with Crippen molar-refractivity contribution in [3.63, 3.8) is 0 Å². The highest BCUT2D eigenvalue weighted by atomic mass is 35.5. The van der Waals surface area contributed by atoms with Crippen LogP contribution >= 0.6 is 11.6 Å². The average molecular weight is 288 g/mol. The van der Waals surface area contributed by atoms with Gasteiger partial charge in [-0.2, -0.15) is 0 Å². The van der Waals surface area contributed by atoms with Gasteiger partial charge in [0.2, 0.25) is 5.91 Å². The number of halogens is 1. The van der Waals surface area contributed by atoms with E-state index in [4.69, 9.17) is 11.6 Å². The molecule has 0 bridgehead atoms. The zero-order chi connectivity index (χ0) is 14.4. The van der Waals surface area contributed by atoms with Crippen molar-refractivity contribution < 1.29 is 4.79 Å². The summed E-state index contributed by atoms with van der Waals surface area (Å²) >= 11 is 5.83. The van der Waals surface area contributed by atoms with E-state index in [2.05, 4.69) is 12.2 Å². The third-order valence-electron chi connectivity index (χ3n) is 3.22. The summed E-state index contributed by atoms with van der Waals surface area (Å²) in [6.45, 7) is 2.07. The highest BCUT2D eigenvalue weighted by Gasteiger charge is 2.12. The van der Waals surface area contributed by atoms with Crippen LogP contribution < -0.4 is 5.32 Å². The molecule has 2 aromatic carbocycles. The Bertz CT molecular complexity index is 551. The normalized spacial score (nSPS) is 11.9. The number of carbonyl (C=O) groups is 1. The molecule has 0 radical (unpaired) electrons. The molecule has 0 fully saturated rings. The molecule has 104 valence electrons. The summed E-state index contributed by atoms with van der Waals surface area (Å²) < 4.78 is 0. The van der Waals surface area contributed by atoms with Crippen LogP contribution in [0.25, 0.3) is 0 Å². The van der Waals surface area contributed by atoms with Crippen LogP contribution in [-0.2, 0) is 11.2 Å². The van der Waals surface area contributed by atoms with E-state index in [1.807, 2.05) is 42.5 Å². The van der Waals surface area contributed by atoms with Gasteiger partial charge in [0, 0.05) is 5.02 Å². The number of amides is 1. The number of rotatable bonds is 5. The van der Waals surface area contributed by atoms with Gasteiger partial charge in [0.1, 0.15) is 0 Å². The van der Waals surface area contributed by atoms with E-state index in [1.165, 1.54) is 0 Å². The Balaban J connectivity index is 1.97. The quantitative estimate of drug-likeness (QED) is 0.879. The van der Waals surface area contributed by atoms with Gasteiger partial charge in [0.05, 0.1) is 12.5 Å². The summed E-state index contributed by atoms with van der Waals surface area (Å²) in [5.41, 5.74) is 2.11. The first-order valence-electron chi connectivity index (χ1n) is 6.77. The standard InChI is InChI=1S/C17H18ClNO/c1-2-16(14-6-4-3-5-7-14)19-17(20)12-13-8-10-15(18)11-9-13/h3-11,16H,2,12H2,1H3,(H,19,20)/t16-/m1/s1. The van der Waals surface area contributed by atoms with Gasteiger partial charge in [0.25, 0.3) is 0 Å². The molecule has 1 N–H and O–H groups in total. The second-order valence-electron chi connectivity index (χ2n) is 4.74. The molecule has 0 aliphatic carbocycles. The molecule has 1 amide bonds. The molecule has 3 heteroatoms. The number of carbonyl (C=O) groups excluding carboxylic acids is 1. The number of hydrogen-bond donors (Lipinski definition) is 1. The molecule has 0 spiro atoms. The van der Waals surface area contributed by atoms with Gasteiger partial charge >= 0.3 is 0 Å². The predicted octanol–water partition coefficient (Wildman–Crippen LogP) is 4.15. The summed E-state index contributed by atoms with van der Waals surface area (Å²) in [5, 5.41) is 3.76. The second kappa shape index (κ2) is 7.11. The lowest BCUT2D eigenvalue weighted by Gasteiger charge is -2.17. The molecular weight excluding hydrogens is 270 g/mol. The molecule has 0 aliphatic rings. The van der Waals surface area contributed by atoms with Gasteiger partial charge in [-0.15, -0.1) is 0 Å². The molecule has 20 heavy (non-hydrogen) atoms. The van der Waals surface area contributed by atoms with Gasteiger partial charge in [-0.3, -0.25) is 4.79 Å². The van der Waals surface area contributed by atoms with Crippen molar-refractivity contribution in [2.24, 2.45) is 0 Å². The SMILES string of the molecule is CC[C@@H](NC(=O)Cc1ccc(Cl)cc1)c1ccccc1. The molecular formula is C17H18ClNO. The van der Waals surface area contributed by atoms with E-state index < -0.39 is 0 Å². The van der Waals surface area contributed by atoms with E-state index in [0.29, 0.717) is 11.4 Å². The van der Waals surface area contributed by atoms with Crippen LogP contribution in [-0.4, -0.2) is 5.91 Å². The van der Waals surface area contributed by atoms with Crippen molar-refractivity contribution in [2.75, 3.05) is 0 Å². The van der Waals surface area contributed by atoms with Gasteiger partial charge in [-0.1, -0.05) is 61.0 Å². The van der Waals surface area contributed by atoms with Crippen LogP contribution in [0.3, 0.4) is 0 Å². The van der Waals surface area contributed by atoms with Gasteiger partial charge in [0.15, 0.2) is 0 Å². The van der Waals surface area contributed by atoms with E-state index >= 15 is 0 Å². The zero-order valence-corrected chi connectivity index (χ0v) is 12.2. The smallest absolute Gasteiger partial charge is 0.224 e. The highest BCUT2D eigenvalue weighted by Crippen LogP contribution is 2.16. The Morgan fingerprint density at radius 3 is 2.35 bits per heavy atom. The molecule has 1 atom stereocenters. The Kier molecular flexibility index (Phi) is 5.19. The molecule has 0 aliphatic heterocycles. The minimum Gasteiger partial charge on any atom is -0.349 e. The van der Waals surface area contributed by atoms with E-state index in [0.717, 1.165) is 17.5 Å². The Hall–Kier alpha value is -1.80. The second-order valence-corrected chi connectivity index (χ2v) is 5.18. The van der Waals surface area contributed by atoms with Crippen molar-refractivity contribution >= 4 is 17.5 Å². The third kappa shape index (κ3) is 4.10.